The summed E-state index contributed by atoms with van der Waals surface area (Å²) in [5, 5.41) is 0. The fourth-order valence-electron chi connectivity index (χ4n) is 4.30. The van der Waals surface area contributed by atoms with Gasteiger partial charge in [0.25, 0.3) is 0 Å². The molecule has 1 aromatic rings. The summed E-state index contributed by atoms with van der Waals surface area (Å²) in [7, 11) is 0. The van der Waals surface area contributed by atoms with Gasteiger partial charge in [0, 0.05) is 45.8 Å². The highest BCUT2D eigenvalue weighted by atomic mass is 16.5. The Hall–Kier alpha value is -1.63. The maximum atomic E-state index is 12.7. The van der Waals surface area contributed by atoms with Crippen molar-refractivity contribution in [3.05, 3.63) is 29.8 Å². The van der Waals surface area contributed by atoms with Gasteiger partial charge in [0.15, 0.2) is 0 Å². The van der Waals surface area contributed by atoms with Crippen molar-refractivity contribution in [2.45, 2.75) is 33.2 Å². The molecule has 1 unspecified atom stereocenters. The predicted octanol–water partition coefficient (Wildman–Crippen LogP) is 2.48. The van der Waals surface area contributed by atoms with Crippen LogP contribution < -0.4 is 4.74 Å². The molecule has 6 nitrogen and oxygen atoms in total. The molecule has 3 rings (SSSR count). The first-order chi connectivity index (χ1) is 14.2. The van der Waals surface area contributed by atoms with Crippen molar-refractivity contribution in [1.82, 2.24) is 14.7 Å². The van der Waals surface area contributed by atoms with Crippen LogP contribution in [-0.2, 0) is 16.1 Å². The smallest absolute Gasteiger partial charge is 0.226 e. The second-order valence-electron chi connectivity index (χ2n) is 8.03. The fraction of sp³-hybridized carbons (Fsp3) is 0.696. The van der Waals surface area contributed by atoms with Crippen LogP contribution in [0.15, 0.2) is 24.3 Å². The molecule has 2 aliphatic rings. The van der Waals surface area contributed by atoms with Crippen LogP contribution in [-0.4, -0.2) is 86.2 Å². The third kappa shape index (κ3) is 6.69. The fourth-order valence-corrected chi connectivity index (χ4v) is 4.30. The summed E-state index contributed by atoms with van der Waals surface area (Å²) in [6.45, 7) is 13.8. The highest BCUT2D eigenvalue weighted by Gasteiger charge is 2.28. The summed E-state index contributed by atoms with van der Waals surface area (Å²) in [6.07, 6.45) is 2.10. The van der Waals surface area contributed by atoms with Gasteiger partial charge < -0.3 is 14.4 Å². The summed E-state index contributed by atoms with van der Waals surface area (Å²) in [4.78, 5) is 19.5. The van der Waals surface area contributed by atoms with Crippen molar-refractivity contribution in [3.8, 4) is 5.75 Å². The minimum Gasteiger partial charge on any atom is -0.492 e. The number of nitrogens with zero attached hydrogens (tertiary/aromatic N) is 3. The van der Waals surface area contributed by atoms with Gasteiger partial charge in [-0.05, 0) is 50.9 Å². The standard InChI is InChI=1S/C23H37N3O3/c1-3-26(4-2)23(27)21-8-6-10-25(19-21)18-20-7-5-9-22(17-20)29-16-13-24-11-14-28-15-12-24/h5,7,9,17,21H,3-4,6,8,10-16,18-19H2,1-2H3. The Morgan fingerprint density at radius 3 is 2.72 bits per heavy atom. The molecule has 29 heavy (non-hydrogen) atoms. The van der Waals surface area contributed by atoms with E-state index in [1.54, 1.807) is 0 Å². The third-order valence-electron chi connectivity index (χ3n) is 6.01. The van der Waals surface area contributed by atoms with Crippen molar-refractivity contribution in [2.75, 3.05) is 65.6 Å². The van der Waals surface area contributed by atoms with E-state index in [1.807, 2.05) is 11.0 Å². The number of hydrogen-bond acceptors (Lipinski definition) is 5. The molecule has 2 saturated heterocycles. The maximum absolute atomic E-state index is 12.7. The Labute approximate surface area is 175 Å². The molecule has 2 aliphatic heterocycles. The number of amides is 1. The zero-order valence-electron chi connectivity index (χ0n) is 18.1. The van der Waals surface area contributed by atoms with Gasteiger partial charge in [0.05, 0.1) is 19.1 Å². The molecule has 1 atom stereocenters. The number of ether oxygens (including phenoxy) is 2. The molecule has 0 N–H and O–H groups in total. The molecular weight excluding hydrogens is 366 g/mol. The van der Waals surface area contributed by atoms with E-state index < -0.39 is 0 Å². The Morgan fingerprint density at radius 1 is 1.17 bits per heavy atom. The molecule has 0 aromatic heterocycles. The number of carbonyl (C=O) groups is 1. The van der Waals surface area contributed by atoms with E-state index in [1.165, 1.54) is 5.56 Å². The van der Waals surface area contributed by atoms with Gasteiger partial charge in [-0.15, -0.1) is 0 Å². The van der Waals surface area contributed by atoms with E-state index in [0.29, 0.717) is 12.5 Å². The van der Waals surface area contributed by atoms with E-state index in [0.717, 1.165) is 84.2 Å². The van der Waals surface area contributed by atoms with E-state index in [-0.39, 0.29) is 5.92 Å². The maximum Gasteiger partial charge on any atom is 0.226 e. The number of piperidine rings is 1. The molecule has 0 aliphatic carbocycles. The first-order valence-electron chi connectivity index (χ1n) is 11.2. The minimum atomic E-state index is 0.136. The lowest BCUT2D eigenvalue weighted by Crippen LogP contribution is -2.44. The van der Waals surface area contributed by atoms with Crippen molar-refractivity contribution >= 4 is 5.91 Å². The zero-order chi connectivity index (χ0) is 20.5. The van der Waals surface area contributed by atoms with Gasteiger partial charge in [-0.3, -0.25) is 14.6 Å². The molecule has 162 valence electrons. The first kappa shape index (κ1) is 22.1. The Bertz CT molecular complexity index is 630. The lowest BCUT2D eigenvalue weighted by molar-refractivity contribution is -0.137. The Kier molecular flexibility index (Phi) is 8.77. The van der Waals surface area contributed by atoms with Crippen molar-refractivity contribution < 1.29 is 14.3 Å². The normalized spacial score (nSPS) is 21.1. The summed E-state index contributed by atoms with van der Waals surface area (Å²) in [5.41, 5.74) is 1.25. The molecule has 2 heterocycles. The number of morpholine rings is 1. The van der Waals surface area contributed by atoms with Gasteiger partial charge in [-0.2, -0.15) is 0 Å². The van der Waals surface area contributed by atoms with Crippen molar-refractivity contribution in [3.63, 3.8) is 0 Å². The number of carbonyl (C=O) groups excluding carboxylic acids is 1. The minimum absolute atomic E-state index is 0.136. The Morgan fingerprint density at radius 2 is 1.97 bits per heavy atom. The summed E-state index contributed by atoms with van der Waals surface area (Å²) in [6, 6.07) is 8.41. The van der Waals surface area contributed by atoms with Crippen LogP contribution in [0.25, 0.3) is 0 Å². The number of likely N-dealkylation sites (tertiary alicyclic amines) is 1. The van der Waals surface area contributed by atoms with Gasteiger partial charge >= 0.3 is 0 Å². The number of hydrogen-bond donors (Lipinski definition) is 0. The lowest BCUT2D eigenvalue weighted by Gasteiger charge is -2.34. The van der Waals surface area contributed by atoms with Crippen LogP contribution in [0.5, 0.6) is 5.75 Å². The monoisotopic (exact) mass is 403 g/mol. The zero-order valence-corrected chi connectivity index (χ0v) is 18.1. The van der Waals surface area contributed by atoms with Crippen LogP contribution in [0.1, 0.15) is 32.3 Å². The van der Waals surface area contributed by atoms with Gasteiger partial charge in [0.2, 0.25) is 5.91 Å². The van der Waals surface area contributed by atoms with Crippen LogP contribution in [0.4, 0.5) is 0 Å². The molecule has 0 spiro atoms. The SMILES string of the molecule is CCN(CC)C(=O)C1CCCN(Cc2cccc(OCCN3CCOCC3)c2)C1. The molecule has 2 fully saturated rings. The molecular formula is C23H37N3O3. The van der Waals surface area contributed by atoms with Gasteiger partial charge in [0.1, 0.15) is 12.4 Å². The van der Waals surface area contributed by atoms with Crippen molar-refractivity contribution in [2.24, 2.45) is 5.92 Å². The quantitative estimate of drug-likeness (QED) is 0.634. The number of benzene rings is 1. The largest absolute Gasteiger partial charge is 0.492 e. The average Bonchev–Trinajstić information content (AvgIpc) is 2.76. The molecule has 1 amide bonds. The second kappa shape index (κ2) is 11.5. The van der Waals surface area contributed by atoms with Gasteiger partial charge in [-0.1, -0.05) is 12.1 Å². The van der Waals surface area contributed by atoms with Crippen LogP contribution in [0, 0.1) is 5.92 Å². The topological polar surface area (TPSA) is 45.2 Å². The predicted molar refractivity (Wildman–Crippen MR) is 115 cm³/mol. The molecule has 0 radical (unpaired) electrons. The van der Waals surface area contributed by atoms with E-state index in [9.17, 15) is 4.79 Å². The summed E-state index contributed by atoms with van der Waals surface area (Å²) < 4.78 is 11.4. The average molecular weight is 404 g/mol. The van der Waals surface area contributed by atoms with Crippen LogP contribution in [0.2, 0.25) is 0 Å². The summed E-state index contributed by atoms with van der Waals surface area (Å²) >= 11 is 0. The van der Waals surface area contributed by atoms with E-state index >= 15 is 0 Å². The van der Waals surface area contributed by atoms with Gasteiger partial charge in [-0.25, -0.2) is 0 Å². The lowest BCUT2D eigenvalue weighted by atomic mass is 9.96. The molecule has 0 bridgehead atoms. The highest BCUT2D eigenvalue weighted by Crippen LogP contribution is 2.22. The van der Waals surface area contributed by atoms with E-state index in [2.05, 4.69) is 41.8 Å². The number of rotatable bonds is 9. The van der Waals surface area contributed by atoms with Crippen LogP contribution in [0.3, 0.4) is 0 Å². The second-order valence-corrected chi connectivity index (χ2v) is 8.03. The van der Waals surface area contributed by atoms with Crippen molar-refractivity contribution in [1.29, 1.82) is 0 Å². The molecule has 0 saturated carbocycles. The highest BCUT2D eigenvalue weighted by molar-refractivity contribution is 5.79. The summed E-state index contributed by atoms with van der Waals surface area (Å²) in [5.74, 6) is 1.39. The van der Waals surface area contributed by atoms with E-state index in [4.69, 9.17) is 9.47 Å². The third-order valence-corrected chi connectivity index (χ3v) is 6.01. The molecule has 6 heteroatoms. The van der Waals surface area contributed by atoms with Crippen LogP contribution >= 0.6 is 0 Å². The Balaban J connectivity index is 1.48. The molecule has 1 aromatic carbocycles. The first-order valence-corrected chi connectivity index (χ1v) is 11.2.